The Morgan fingerprint density at radius 1 is 1.00 bits per heavy atom. The van der Waals surface area contributed by atoms with Crippen LogP contribution in [0.4, 0.5) is 4.79 Å². The molecule has 8 N–H and O–H groups in total. The van der Waals surface area contributed by atoms with Crippen LogP contribution in [0.25, 0.3) is 10.4 Å². The Balaban J connectivity index is 1.63. The van der Waals surface area contributed by atoms with Gasteiger partial charge in [-0.15, -0.1) is 0 Å². The number of hydrogen-bond acceptors (Lipinski definition) is 15. The molecule has 3 aliphatic rings. The molecule has 0 aromatic heterocycles. The first-order valence-corrected chi connectivity index (χ1v) is 10.1. The van der Waals surface area contributed by atoms with Gasteiger partial charge in [0.2, 0.25) is 5.66 Å². The fourth-order valence-electron chi connectivity index (χ4n) is 3.47. The fraction of sp³-hybridized carbons (Fsp3) is 0.938. The number of nitrogens with one attached hydrogen (secondary N) is 1. The number of azide groups is 1. The van der Waals surface area contributed by atoms with E-state index in [2.05, 4.69) is 25.6 Å². The molecule has 192 valence electrons. The summed E-state index contributed by atoms with van der Waals surface area (Å²) in [7, 11) is 0. The molecule has 0 saturated carbocycles. The van der Waals surface area contributed by atoms with Crippen molar-refractivity contribution in [3.63, 3.8) is 0 Å². The molecule has 18 heteroatoms. The van der Waals surface area contributed by atoms with Crippen molar-refractivity contribution in [2.75, 3.05) is 26.3 Å². The SMILES string of the molecule is [N-]=[N+]=NCC1(CNC(=O)OC2[C@H](O)OC(CO)[C@@H](O[C@@H]3OC(CO)[C@H](O)[C@H](O)C3O)[C@@H]2O)N=N1. The normalized spacial score (nSPS) is 40.8. The largest absolute Gasteiger partial charge is 0.438 e. The van der Waals surface area contributed by atoms with Crippen molar-refractivity contribution in [2.24, 2.45) is 15.3 Å². The van der Waals surface area contributed by atoms with E-state index in [4.69, 9.17) is 24.5 Å². The van der Waals surface area contributed by atoms with Crippen LogP contribution < -0.4 is 5.32 Å². The fourth-order valence-corrected chi connectivity index (χ4v) is 3.47. The first-order chi connectivity index (χ1) is 16.2. The number of alkyl carbamates (subject to hydrolysis) is 1. The molecule has 18 nitrogen and oxygen atoms in total. The second-order valence-electron chi connectivity index (χ2n) is 7.83. The number of hydrogen-bond donors (Lipinski definition) is 8. The molecule has 3 aliphatic heterocycles. The lowest BCUT2D eigenvalue weighted by Crippen LogP contribution is -2.65. The highest BCUT2D eigenvalue weighted by atomic mass is 16.7. The molecule has 1 amide bonds. The maximum atomic E-state index is 12.2. The number of aliphatic hydroxyl groups excluding tert-OH is 7. The van der Waals surface area contributed by atoms with E-state index in [1.54, 1.807) is 0 Å². The van der Waals surface area contributed by atoms with Crippen LogP contribution in [0, 0.1) is 0 Å². The maximum Gasteiger partial charge on any atom is 0.407 e. The van der Waals surface area contributed by atoms with Crippen molar-refractivity contribution >= 4 is 6.09 Å². The Hall–Kier alpha value is -2.22. The van der Waals surface area contributed by atoms with E-state index in [0.717, 1.165) is 0 Å². The quantitative estimate of drug-likeness (QED) is 0.0860. The molecule has 0 radical (unpaired) electrons. The third-order valence-corrected chi connectivity index (χ3v) is 5.48. The smallest absolute Gasteiger partial charge is 0.407 e. The van der Waals surface area contributed by atoms with Gasteiger partial charge in [-0.3, -0.25) is 0 Å². The number of ether oxygens (including phenoxy) is 4. The molecule has 2 fully saturated rings. The van der Waals surface area contributed by atoms with Gasteiger partial charge in [0.25, 0.3) is 0 Å². The van der Waals surface area contributed by atoms with Crippen LogP contribution in [-0.4, -0.2) is 135 Å². The summed E-state index contributed by atoms with van der Waals surface area (Å²) in [4.78, 5) is 14.7. The van der Waals surface area contributed by atoms with E-state index in [0.29, 0.717) is 0 Å². The third kappa shape index (κ3) is 5.70. The summed E-state index contributed by atoms with van der Waals surface area (Å²) in [6.07, 6.45) is -17.8. The van der Waals surface area contributed by atoms with Crippen LogP contribution in [0.5, 0.6) is 0 Å². The highest BCUT2D eigenvalue weighted by Gasteiger charge is 2.52. The predicted molar refractivity (Wildman–Crippen MR) is 102 cm³/mol. The van der Waals surface area contributed by atoms with E-state index < -0.39 is 86.4 Å². The van der Waals surface area contributed by atoms with Gasteiger partial charge in [-0.05, 0) is 5.53 Å². The van der Waals surface area contributed by atoms with Gasteiger partial charge >= 0.3 is 6.09 Å². The average Bonchev–Trinajstić information content (AvgIpc) is 3.60. The van der Waals surface area contributed by atoms with Crippen molar-refractivity contribution in [2.45, 2.75) is 67.1 Å². The molecular formula is C16H26N6O12. The second kappa shape index (κ2) is 11.0. The van der Waals surface area contributed by atoms with Gasteiger partial charge in [0.05, 0.1) is 26.3 Å². The van der Waals surface area contributed by atoms with Crippen molar-refractivity contribution < 1.29 is 59.5 Å². The number of aliphatic hydroxyl groups is 7. The highest BCUT2D eigenvalue weighted by molar-refractivity contribution is 5.67. The molecule has 0 aliphatic carbocycles. The minimum atomic E-state index is -1.89. The molecule has 4 unspecified atom stereocenters. The summed E-state index contributed by atoms with van der Waals surface area (Å²) in [6.45, 7) is -1.86. The highest BCUT2D eigenvalue weighted by Crippen LogP contribution is 2.30. The molecular weight excluding hydrogens is 468 g/mol. The first-order valence-electron chi connectivity index (χ1n) is 10.1. The van der Waals surface area contributed by atoms with Gasteiger partial charge in [0.15, 0.2) is 18.7 Å². The van der Waals surface area contributed by atoms with E-state index in [-0.39, 0.29) is 13.1 Å². The van der Waals surface area contributed by atoms with Gasteiger partial charge in [-0.1, -0.05) is 5.11 Å². The summed E-state index contributed by atoms with van der Waals surface area (Å²) in [5.41, 5.74) is 7.24. The van der Waals surface area contributed by atoms with E-state index >= 15 is 0 Å². The summed E-state index contributed by atoms with van der Waals surface area (Å²) in [5, 5.41) is 82.6. The van der Waals surface area contributed by atoms with Crippen LogP contribution in [0.3, 0.4) is 0 Å². The van der Waals surface area contributed by atoms with E-state index in [1.807, 2.05) is 0 Å². The molecule has 2 saturated heterocycles. The van der Waals surface area contributed by atoms with Crippen molar-refractivity contribution in [3.8, 4) is 0 Å². The Labute approximate surface area is 191 Å². The molecule has 3 rings (SSSR count). The third-order valence-electron chi connectivity index (χ3n) is 5.48. The van der Waals surface area contributed by atoms with Crippen LogP contribution >= 0.6 is 0 Å². The topological polar surface area (TPSA) is 281 Å². The van der Waals surface area contributed by atoms with Crippen molar-refractivity contribution in [1.29, 1.82) is 0 Å². The number of rotatable bonds is 9. The Morgan fingerprint density at radius 2 is 1.68 bits per heavy atom. The molecule has 34 heavy (non-hydrogen) atoms. The number of amides is 1. The lowest BCUT2D eigenvalue weighted by molar-refractivity contribution is -0.354. The number of nitrogens with zero attached hydrogens (tertiary/aromatic N) is 5. The second-order valence-corrected chi connectivity index (χ2v) is 7.83. The van der Waals surface area contributed by atoms with Gasteiger partial charge in [-0.2, -0.15) is 10.2 Å². The Kier molecular flexibility index (Phi) is 8.55. The van der Waals surface area contributed by atoms with Crippen LogP contribution in [0.15, 0.2) is 15.3 Å². The van der Waals surface area contributed by atoms with Gasteiger partial charge in [0.1, 0.15) is 42.7 Å². The zero-order valence-electron chi connectivity index (χ0n) is 17.5. The maximum absolute atomic E-state index is 12.2. The number of carbonyl (C=O) groups is 1. The van der Waals surface area contributed by atoms with Crippen molar-refractivity contribution in [1.82, 2.24) is 5.32 Å². The zero-order valence-corrected chi connectivity index (χ0v) is 17.5. The summed E-state index contributed by atoms with van der Waals surface area (Å²) in [5.74, 6) is 0. The van der Waals surface area contributed by atoms with Gasteiger partial charge < -0.3 is 60.0 Å². The lowest BCUT2D eigenvalue weighted by Gasteiger charge is -2.45. The van der Waals surface area contributed by atoms with Crippen LogP contribution in [-0.2, 0) is 18.9 Å². The zero-order chi connectivity index (χ0) is 25.0. The van der Waals surface area contributed by atoms with Gasteiger partial charge in [-0.25, -0.2) is 4.79 Å². The molecule has 0 bridgehead atoms. The molecule has 0 aromatic rings. The van der Waals surface area contributed by atoms with Crippen LogP contribution in [0.1, 0.15) is 0 Å². The monoisotopic (exact) mass is 494 g/mol. The molecule has 10 atom stereocenters. The van der Waals surface area contributed by atoms with Crippen LogP contribution in [0.2, 0.25) is 0 Å². The summed E-state index contributed by atoms with van der Waals surface area (Å²) >= 11 is 0. The first kappa shape index (κ1) is 26.4. The minimum Gasteiger partial charge on any atom is -0.438 e. The predicted octanol–water partition coefficient (Wildman–Crippen LogP) is -4.19. The van der Waals surface area contributed by atoms with E-state index in [1.165, 1.54) is 0 Å². The van der Waals surface area contributed by atoms with E-state index in [9.17, 15) is 40.5 Å². The number of carbonyl (C=O) groups excluding carboxylic acids is 1. The average molecular weight is 494 g/mol. The summed E-state index contributed by atoms with van der Waals surface area (Å²) < 4.78 is 20.8. The Morgan fingerprint density at radius 3 is 2.26 bits per heavy atom. The summed E-state index contributed by atoms with van der Waals surface area (Å²) in [6, 6.07) is 0. The molecule has 3 heterocycles. The van der Waals surface area contributed by atoms with Crippen molar-refractivity contribution in [3.05, 3.63) is 10.4 Å². The molecule has 0 spiro atoms. The van der Waals surface area contributed by atoms with Gasteiger partial charge in [0, 0.05) is 4.91 Å². The molecule has 0 aromatic carbocycles. The Bertz CT molecular complexity index is 790. The lowest BCUT2D eigenvalue weighted by atomic mass is 9.97. The minimum absolute atomic E-state index is 0.144. The standard InChI is InChI=1S/C16H26N6O12/c17-22-19-4-16(20-21-16)3-18-15(30)34-12-10(28)11(6(2-24)31-13(12)29)33-14-9(27)8(26)7(25)5(1-23)32-14/h5-14,23-29H,1-4H2,(H,18,30)/t5?,6?,7-,8-,9?,10-,11+,12?,13+,14-/m0/s1.